The minimum Gasteiger partial charge on any atom is -0.476 e. The molecule has 1 fully saturated rings. The van der Waals surface area contributed by atoms with Gasteiger partial charge in [0.15, 0.2) is 5.78 Å². The number of Topliss-reactive ketones (excluding diaryl/α,β-unsaturated/α-hetero) is 2. The summed E-state index contributed by atoms with van der Waals surface area (Å²) in [6.45, 7) is 6.09. The van der Waals surface area contributed by atoms with Gasteiger partial charge >= 0.3 is 0 Å². The van der Waals surface area contributed by atoms with Crippen LogP contribution >= 0.6 is 0 Å². The zero-order valence-electron chi connectivity index (χ0n) is 16.4. The van der Waals surface area contributed by atoms with Crippen LogP contribution in [0, 0.1) is 0 Å². The van der Waals surface area contributed by atoms with Gasteiger partial charge < -0.3 is 9.47 Å². The molecule has 0 aromatic carbocycles. The van der Waals surface area contributed by atoms with Crippen LogP contribution in [-0.4, -0.2) is 70.7 Å². The summed E-state index contributed by atoms with van der Waals surface area (Å²) in [7, 11) is 1.76. The second kappa shape index (κ2) is 9.57. The molecular weight excluding hydrogens is 360 g/mol. The zero-order valence-corrected chi connectivity index (χ0v) is 16.4. The Bertz CT molecular complexity index is 827. The highest BCUT2D eigenvalue weighted by atomic mass is 16.5. The number of ketones is 2. The molecule has 0 unspecified atom stereocenters. The molecule has 1 saturated heterocycles. The van der Waals surface area contributed by atoms with E-state index in [1.165, 1.54) is 6.92 Å². The molecule has 2 aromatic heterocycles. The summed E-state index contributed by atoms with van der Waals surface area (Å²) in [6.07, 6.45) is 3.82. The van der Waals surface area contributed by atoms with Crippen molar-refractivity contribution in [1.82, 2.24) is 19.7 Å². The molecule has 28 heavy (non-hydrogen) atoms. The van der Waals surface area contributed by atoms with Crippen LogP contribution in [0.2, 0.25) is 0 Å². The van der Waals surface area contributed by atoms with Crippen LogP contribution in [0.1, 0.15) is 35.0 Å². The molecular formula is C20H26N4O4. The molecule has 3 heterocycles. The van der Waals surface area contributed by atoms with E-state index in [2.05, 4.69) is 15.0 Å². The number of aromatic nitrogens is 3. The predicted molar refractivity (Wildman–Crippen MR) is 103 cm³/mol. The van der Waals surface area contributed by atoms with Crippen LogP contribution in [0.4, 0.5) is 0 Å². The summed E-state index contributed by atoms with van der Waals surface area (Å²) in [5, 5.41) is 4.25. The molecule has 0 saturated carbocycles. The highest BCUT2D eigenvalue weighted by Gasteiger charge is 2.19. The third-order valence-corrected chi connectivity index (χ3v) is 4.56. The van der Waals surface area contributed by atoms with E-state index in [0.717, 1.165) is 44.0 Å². The van der Waals surface area contributed by atoms with Crippen molar-refractivity contribution in [2.24, 2.45) is 7.05 Å². The number of carbonyl (C=O) groups excluding carboxylic acids is 2. The zero-order chi connectivity index (χ0) is 19.9. The van der Waals surface area contributed by atoms with Gasteiger partial charge in [-0.15, -0.1) is 0 Å². The van der Waals surface area contributed by atoms with E-state index in [-0.39, 0.29) is 18.0 Å². The lowest BCUT2D eigenvalue weighted by atomic mass is 10.0. The van der Waals surface area contributed by atoms with Crippen LogP contribution < -0.4 is 4.74 Å². The van der Waals surface area contributed by atoms with Crippen LogP contribution in [-0.2, 0) is 23.0 Å². The Morgan fingerprint density at radius 3 is 2.79 bits per heavy atom. The number of ether oxygens (including phenoxy) is 2. The third kappa shape index (κ3) is 5.46. The van der Waals surface area contributed by atoms with Crippen molar-refractivity contribution < 1.29 is 19.1 Å². The number of pyridine rings is 1. The summed E-state index contributed by atoms with van der Waals surface area (Å²) >= 11 is 0. The van der Waals surface area contributed by atoms with E-state index in [4.69, 9.17) is 9.47 Å². The maximum absolute atomic E-state index is 12.4. The number of carbonyl (C=O) groups is 2. The largest absolute Gasteiger partial charge is 0.476 e. The van der Waals surface area contributed by atoms with Gasteiger partial charge in [0.05, 0.1) is 19.6 Å². The van der Waals surface area contributed by atoms with Gasteiger partial charge in [-0.2, -0.15) is 5.10 Å². The fourth-order valence-corrected chi connectivity index (χ4v) is 3.20. The number of hydrogen-bond donors (Lipinski definition) is 0. The average Bonchev–Trinajstić information content (AvgIpc) is 3.04. The van der Waals surface area contributed by atoms with E-state index in [9.17, 15) is 9.59 Å². The second-order valence-electron chi connectivity index (χ2n) is 6.93. The van der Waals surface area contributed by atoms with Crippen LogP contribution in [0.5, 0.6) is 5.88 Å². The van der Waals surface area contributed by atoms with Crippen molar-refractivity contribution in [3.8, 4) is 5.88 Å². The van der Waals surface area contributed by atoms with Crippen molar-refractivity contribution in [3.05, 3.63) is 41.3 Å². The van der Waals surface area contributed by atoms with E-state index < -0.39 is 0 Å². The Hall–Kier alpha value is -2.58. The van der Waals surface area contributed by atoms with Gasteiger partial charge in [-0.05, 0) is 13.0 Å². The Morgan fingerprint density at radius 2 is 2.04 bits per heavy atom. The van der Waals surface area contributed by atoms with Gasteiger partial charge in [0.25, 0.3) is 0 Å². The predicted octanol–water partition coefficient (Wildman–Crippen LogP) is 1.28. The minimum atomic E-state index is -0.262. The molecule has 0 amide bonds. The van der Waals surface area contributed by atoms with E-state index >= 15 is 0 Å². The second-order valence-corrected chi connectivity index (χ2v) is 6.93. The fraction of sp³-hybridized carbons (Fsp3) is 0.500. The molecule has 0 spiro atoms. The molecule has 0 radical (unpaired) electrons. The number of morpholine rings is 1. The SMILES string of the molecule is CC(=O)CC(=O)c1nn(C)cc1Cc1cccnc1OCCN1CCOCC1. The lowest BCUT2D eigenvalue weighted by molar-refractivity contribution is -0.116. The fourth-order valence-electron chi connectivity index (χ4n) is 3.20. The van der Waals surface area contributed by atoms with Crippen LogP contribution in [0.25, 0.3) is 0 Å². The van der Waals surface area contributed by atoms with Crippen molar-refractivity contribution in [2.45, 2.75) is 19.8 Å². The number of nitrogens with zero attached hydrogens (tertiary/aromatic N) is 4. The topological polar surface area (TPSA) is 86.5 Å². The first-order valence-electron chi connectivity index (χ1n) is 9.45. The molecule has 0 bridgehead atoms. The quantitative estimate of drug-likeness (QED) is 0.474. The molecule has 8 heteroatoms. The number of rotatable bonds is 9. The standard InChI is InChI=1S/C20H26N4O4/c1-15(25)12-18(26)19-17(14-23(2)22-19)13-16-4-3-5-21-20(16)28-11-8-24-6-9-27-10-7-24/h3-5,14H,6-13H2,1-2H3. The normalized spacial score (nSPS) is 14.8. The van der Waals surface area contributed by atoms with Crippen molar-refractivity contribution in [3.63, 3.8) is 0 Å². The molecule has 8 nitrogen and oxygen atoms in total. The first-order chi connectivity index (χ1) is 13.5. The third-order valence-electron chi connectivity index (χ3n) is 4.56. The summed E-state index contributed by atoms with van der Waals surface area (Å²) in [4.78, 5) is 30.3. The van der Waals surface area contributed by atoms with Gasteiger partial charge in [-0.3, -0.25) is 19.2 Å². The first-order valence-corrected chi connectivity index (χ1v) is 9.45. The summed E-state index contributed by atoms with van der Waals surface area (Å²) in [5.74, 6) is 0.126. The number of hydrogen-bond acceptors (Lipinski definition) is 7. The maximum Gasteiger partial charge on any atom is 0.216 e. The number of aryl methyl sites for hydroxylation is 1. The van der Waals surface area contributed by atoms with Gasteiger partial charge in [0.1, 0.15) is 18.1 Å². The van der Waals surface area contributed by atoms with E-state index in [0.29, 0.717) is 24.6 Å². The Balaban J connectivity index is 1.68. The van der Waals surface area contributed by atoms with Gasteiger partial charge in [-0.1, -0.05) is 6.07 Å². The van der Waals surface area contributed by atoms with Crippen molar-refractivity contribution >= 4 is 11.6 Å². The van der Waals surface area contributed by atoms with Crippen molar-refractivity contribution in [2.75, 3.05) is 39.5 Å². The van der Waals surface area contributed by atoms with Gasteiger partial charge in [-0.25, -0.2) is 4.98 Å². The van der Waals surface area contributed by atoms with Crippen molar-refractivity contribution in [1.29, 1.82) is 0 Å². The first kappa shape index (κ1) is 20.2. The monoisotopic (exact) mass is 386 g/mol. The average molecular weight is 386 g/mol. The van der Waals surface area contributed by atoms with Crippen LogP contribution in [0.3, 0.4) is 0 Å². The molecule has 0 atom stereocenters. The molecule has 3 rings (SSSR count). The highest BCUT2D eigenvalue weighted by Crippen LogP contribution is 2.21. The van der Waals surface area contributed by atoms with Gasteiger partial charge in [0, 0.05) is 56.6 Å². The summed E-state index contributed by atoms with van der Waals surface area (Å²) in [6, 6.07) is 3.78. The Kier molecular flexibility index (Phi) is 6.89. The maximum atomic E-state index is 12.4. The molecule has 2 aromatic rings. The summed E-state index contributed by atoms with van der Waals surface area (Å²) < 4.78 is 12.9. The summed E-state index contributed by atoms with van der Waals surface area (Å²) in [5.41, 5.74) is 1.98. The molecule has 0 aliphatic carbocycles. The Labute approximate surface area is 164 Å². The Morgan fingerprint density at radius 1 is 1.25 bits per heavy atom. The van der Waals surface area contributed by atoms with Crippen LogP contribution in [0.15, 0.2) is 24.5 Å². The molecule has 1 aliphatic heterocycles. The van der Waals surface area contributed by atoms with E-state index in [1.54, 1.807) is 24.1 Å². The lowest BCUT2D eigenvalue weighted by Crippen LogP contribution is -2.38. The van der Waals surface area contributed by atoms with Gasteiger partial charge in [0.2, 0.25) is 5.88 Å². The minimum absolute atomic E-state index is 0.139. The van der Waals surface area contributed by atoms with E-state index in [1.807, 2.05) is 12.1 Å². The molecule has 1 aliphatic rings. The molecule has 0 N–H and O–H groups in total. The smallest absolute Gasteiger partial charge is 0.216 e. The highest BCUT2D eigenvalue weighted by molar-refractivity contribution is 6.07. The lowest BCUT2D eigenvalue weighted by Gasteiger charge is -2.26. The molecule has 150 valence electrons.